The molecule has 29 heavy (non-hydrogen) atoms. The maximum atomic E-state index is 14.4. The van der Waals surface area contributed by atoms with E-state index in [0.29, 0.717) is 16.8 Å². The van der Waals surface area contributed by atoms with Crippen molar-refractivity contribution in [1.29, 1.82) is 0 Å². The molecule has 0 fully saturated rings. The summed E-state index contributed by atoms with van der Waals surface area (Å²) in [6.45, 7) is 1.51. The summed E-state index contributed by atoms with van der Waals surface area (Å²) < 4.78 is 63.5. The minimum atomic E-state index is -4.67. The Bertz CT molecular complexity index is 1070. The third kappa shape index (κ3) is 4.51. The molecule has 0 aliphatic rings. The van der Waals surface area contributed by atoms with Crippen LogP contribution in [0.5, 0.6) is 17.4 Å². The second-order valence-electron chi connectivity index (χ2n) is 5.96. The lowest BCUT2D eigenvalue weighted by atomic mass is 10.1. The highest BCUT2D eigenvalue weighted by Crippen LogP contribution is 2.38. The van der Waals surface area contributed by atoms with Crippen LogP contribution in [-0.2, 0) is 6.18 Å². The fourth-order valence-corrected chi connectivity index (χ4v) is 2.76. The summed E-state index contributed by atoms with van der Waals surface area (Å²) in [7, 11) is 1.45. The number of nitrogen functional groups attached to an aromatic ring is 1. The predicted molar refractivity (Wildman–Crippen MR) is 99.7 cm³/mol. The Labute approximate surface area is 168 Å². The van der Waals surface area contributed by atoms with Gasteiger partial charge in [-0.25, -0.2) is 9.37 Å². The van der Waals surface area contributed by atoms with Gasteiger partial charge in [0.2, 0.25) is 5.88 Å². The van der Waals surface area contributed by atoms with Gasteiger partial charge in [-0.2, -0.15) is 18.2 Å². The molecule has 1 heterocycles. The van der Waals surface area contributed by atoms with Gasteiger partial charge >= 0.3 is 6.18 Å². The maximum Gasteiger partial charge on any atom is 0.416 e. The molecule has 152 valence electrons. The second-order valence-corrected chi connectivity index (χ2v) is 6.40. The zero-order chi connectivity index (χ0) is 21.3. The van der Waals surface area contributed by atoms with E-state index < -0.39 is 17.6 Å². The SMILES string of the molecule is COc1cc(Cl)cc(Oc2nc(C)nc(-c3ccc(C(F)(F)F)cc3F)c2N)c1. The Morgan fingerprint density at radius 2 is 1.72 bits per heavy atom. The molecule has 0 bridgehead atoms. The van der Waals surface area contributed by atoms with E-state index in [0.717, 1.165) is 12.1 Å². The van der Waals surface area contributed by atoms with Crippen molar-refractivity contribution in [3.8, 4) is 28.6 Å². The fourth-order valence-electron chi connectivity index (χ4n) is 2.55. The average molecular weight is 428 g/mol. The van der Waals surface area contributed by atoms with Gasteiger partial charge in [-0.05, 0) is 37.3 Å². The minimum absolute atomic E-state index is 0.0901. The summed E-state index contributed by atoms with van der Waals surface area (Å²) in [5.41, 5.74) is 4.46. The molecule has 0 amide bonds. The van der Waals surface area contributed by atoms with Gasteiger partial charge in [0, 0.05) is 16.7 Å². The van der Waals surface area contributed by atoms with E-state index >= 15 is 0 Å². The third-order valence-electron chi connectivity index (χ3n) is 3.87. The number of alkyl halides is 3. The first-order chi connectivity index (χ1) is 13.6. The molecule has 0 aliphatic heterocycles. The summed E-state index contributed by atoms with van der Waals surface area (Å²) in [5.74, 6) is -0.377. The smallest absolute Gasteiger partial charge is 0.416 e. The molecule has 0 saturated carbocycles. The Hall–Kier alpha value is -3.07. The third-order valence-corrected chi connectivity index (χ3v) is 4.09. The van der Waals surface area contributed by atoms with Crippen molar-refractivity contribution in [2.75, 3.05) is 12.8 Å². The molecule has 5 nitrogen and oxygen atoms in total. The van der Waals surface area contributed by atoms with Crippen LogP contribution in [0.15, 0.2) is 36.4 Å². The van der Waals surface area contributed by atoms with Crippen molar-refractivity contribution in [3.63, 3.8) is 0 Å². The molecule has 10 heteroatoms. The first-order valence-corrected chi connectivity index (χ1v) is 8.50. The van der Waals surface area contributed by atoms with E-state index in [2.05, 4.69) is 9.97 Å². The largest absolute Gasteiger partial charge is 0.497 e. The molecule has 2 N–H and O–H groups in total. The van der Waals surface area contributed by atoms with Gasteiger partial charge in [-0.15, -0.1) is 0 Å². The van der Waals surface area contributed by atoms with Crippen molar-refractivity contribution in [1.82, 2.24) is 9.97 Å². The van der Waals surface area contributed by atoms with E-state index in [9.17, 15) is 17.6 Å². The standard InChI is InChI=1S/C19H14ClF4N3O2/c1-9-26-17(14-4-3-10(5-15(14)21)19(22,23)24)16(25)18(27-9)29-13-7-11(20)6-12(8-13)28-2/h3-8H,25H2,1-2H3. The Morgan fingerprint density at radius 1 is 1.03 bits per heavy atom. The molecule has 3 rings (SSSR count). The van der Waals surface area contributed by atoms with Crippen LogP contribution < -0.4 is 15.2 Å². The van der Waals surface area contributed by atoms with Crippen molar-refractivity contribution in [2.24, 2.45) is 0 Å². The Kier molecular flexibility index (Phi) is 5.52. The van der Waals surface area contributed by atoms with E-state index in [-0.39, 0.29) is 34.4 Å². The first-order valence-electron chi connectivity index (χ1n) is 8.12. The van der Waals surface area contributed by atoms with Crippen molar-refractivity contribution >= 4 is 17.3 Å². The topological polar surface area (TPSA) is 70.3 Å². The van der Waals surface area contributed by atoms with Gasteiger partial charge in [-0.1, -0.05) is 11.6 Å². The molecular weight excluding hydrogens is 414 g/mol. The summed E-state index contributed by atoms with van der Waals surface area (Å²) in [4.78, 5) is 8.14. The van der Waals surface area contributed by atoms with Crippen LogP contribution in [-0.4, -0.2) is 17.1 Å². The molecule has 1 aromatic heterocycles. The minimum Gasteiger partial charge on any atom is -0.497 e. The number of halogens is 5. The molecule has 0 radical (unpaired) electrons. The van der Waals surface area contributed by atoms with Gasteiger partial charge in [0.25, 0.3) is 0 Å². The van der Waals surface area contributed by atoms with Gasteiger partial charge in [0.1, 0.15) is 34.5 Å². The van der Waals surface area contributed by atoms with Crippen molar-refractivity contribution < 1.29 is 27.0 Å². The number of ether oxygens (including phenoxy) is 2. The molecule has 0 unspecified atom stereocenters. The molecule has 3 aromatic rings. The lowest BCUT2D eigenvalue weighted by Gasteiger charge is -2.14. The van der Waals surface area contributed by atoms with Gasteiger partial charge in [-0.3, -0.25) is 0 Å². The van der Waals surface area contributed by atoms with Crippen LogP contribution in [0, 0.1) is 12.7 Å². The Balaban J connectivity index is 2.05. The number of anilines is 1. The lowest BCUT2D eigenvalue weighted by Crippen LogP contribution is -2.07. The number of aryl methyl sites for hydroxylation is 1. The number of hydrogen-bond acceptors (Lipinski definition) is 5. The van der Waals surface area contributed by atoms with Gasteiger partial charge in [0.05, 0.1) is 12.7 Å². The van der Waals surface area contributed by atoms with Crippen LogP contribution in [0.1, 0.15) is 11.4 Å². The van der Waals surface area contributed by atoms with Gasteiger partial charge in [0.15, 0.2) is 0 Å². The number of nitrogens with two attached hydrogens (primary N) is 1. The normalized spacial score (nSPS) is 11.4. The molecule has 0 saturated heterocycles. The van der Waals surface area contributed by atoms with Crippen molar-refractivity contribution in [3.05, 3.63) is 58.6 Å². The Morgan fingerprint density at radius 3 is 2.34 bits per heavy atom. The number of methoxy groups -OCH3 is 1. The van der Waals surface area contributed by atoms with E-state index in [1.165, 1.54) is 26.2 Å². The highest BCUT2D eigenvalue weighted by molar-refractivity contribution is 6.30. The van der Waals surface area contributed by atoms with Crippen LogP contribution in [0.25, 0.3) is 11.3 Å². The number of aromatic nitrogens is 2. The molecule has 0 atom stereocenters. The van der Waals surface area contributed by atoms with Crippen LogP contribution in [0.2, 0.25) is 5.02 Å². The fraction of sp³-hybridized carbons (Fsp3) is 0.158. The lowest BCUT2D eigenvalue weighted by molar-refractivity contribution is -0.137. The number of nitrogens with zero attached hydrogens (tertiary/aromatic N) is 2. The van der Waals surface area contributed by atoms with E-state index in [4.69, 9.17) is 26.8 Å². The molecule has 0 aliphatic carbocycles. The number of benzene rings is 2. The summed E-state index contributed by atoms with van der Waals surface area (Å²) >= 11 is 6.00. The summed E-state index contributed by atoms with van der Waals surface area (Å²) in [6.07, 6.45) is -4.67. The monoisotopic (exact) mass is 427 g/mol. The van der Waals surface area contributed by atoms with Crippen molar-refractivity contribution in [2.45, 2.75) is 13.1 Å². The van der Waals surface area contributed by atoms with Crippen LogP contribution >= 0.6 is 11.6 Å². The highest BCUT2D eigenvalue weighted by Gasteiger charge is 2.31. The molecular formula is C19H14ClF4N3O2. The number of rotatable bonds is 4. The highest BCUT2D eigenvalue weighted by atomic mass is 35.5. The second kappa shape index (κ2) is 7.75. The van der Waals surface area contributed by atoms with E-state index in [1.807, 2.05) is 0 Å². The molecule has 0 spiro atoms. The average Bonchev–Trinajstić information content (AvgIpc) is 2.63. The maximum absolute atomic E-state index is 14.4. The zero-order valence-corrected chi connectivity index (χ0v) is 15.9. The first kappa shape index (κ1) is 20.7. The summed E-state index contributed by atoms with van der Waals surface area (Å²) in [5, 5.41) is 0.331. The van der Waals surface area contributed by atoms with Crippen LogP contribution in [0.4, 0.5) is 23.2 Å². The van der Waals surface area contributed by atoms with Gasteiger partial charge < -0.3 is 15.2 Å². The van der Waals surface area contributed by atoms with Crippen LogP contribution in [0.3, 0.4) is 0 Å². The quantitative estimate of drug-likeness (QED) is 0.545. The van der Waals surface area contributed by atoms with E-state index in [1.54, 1.807) is 6.07 Å². The predicted octanol–water partition coefficient (Wildman–Crippen LogP) is 5.65. The zero-order valence-electron chi connectivity index (χ0n) is 15.1. The molecule has 2 aromatic carbocycles. The summed E-state index contributed by atoms with van der Waals surface area (Å²) in [6, 6.07) is 6.67. The number of hydrogen-bond donors (Lipinski definition) is 1.